The first-order chi connectivity index (χ1) is 7.61. The summed E-state index contributed by atoms with van der Waals surface area (Å²) in [6.07, 6.45) is 0. The van der Waals surface area contributed by atoms with Crippen LogP contribution in [0.4, 0.5) is 0 Å². The molecule has 20 heavy (non-hydrogen) atoms. The summed E-state index contributed by atoms with van der Waals surface area (Å²) in [7, 11) is -0.597. The van der Waals surface area contributed by atoms with Gasteiger partial charge in [0, 0.05) is 5.33 Å². The molecule has 0 aliphatic rings. The molecule has 0 bridgehead atoms. The molecule has 114 valence electrons. The van der Waals surface area contributed by atoms with E-state index in [2.05, 4.69) is 54.1 Å². The van der Waals surface area contributed by atoms with Gasteiger partial charge in [0.15, 0.2) is 0 Å². The van der Waals surface area contributed by atoms with E-state index in [1.165, 1.54) is 11.1 Å². The standard InChI is InChI=1S/C12H18BrO2Si.3CH3.Ce/c1-10-6-11(9-13)8-12(7-10)14-4-5-15-16(2)3;;;;/h6-8H,4-5,9H2,1-3H3;3*1H3;/q;3*-1;+3. The van der Waals surface area contributed by atoms with Gasteiger partial charge < -0.3 is 31.4 Å². The molecule has 0 amide bonds. The van der Waals surface area contributed by atoms with Crippen molar-refractivity contribution < 1.29 is 50.9 Å². The van der Waals surface area contributed by atoms with Gasteiger partial charge in [0.2, 0.25) is 9.04 Å². The first kappa shape index (κ1) is 29.1. The average Bonchev–Trinajstić information content (AvgIpc) is 2.23. The van der Waals surface area contributed by atoms with Crippen molar-refractivity contribution in [2.24, 2.45) is 0 Å². The van der Waals surface area contributed by atoms with E-state index in [0.29, 0.717) is 13.2 Å². The van der Waals surface area contributed by atoms with Gasteiger partial charge in [-0.25, -0.2) is 0 Å². The zero-order valence-corrected chi connectivity index (χ0v) is 19.3. The number of benzene rings is 1. The van der Waals surface area contributed by atoms with Gasteiger partial charge in [0.05, 0.1) is 6.61 Å². The minimum absolute atomic E-state index is 0. The zero-order chi connectivity index (χ0) is 12.0. The minimum Gasteiger partial charge on any atom is -0.491 e. The van der Waals surface area contributed by atoms with E-state index in [4.69, 9.17) is 9.16 Å². The Morgan fingerprint density at radius 3 is 2.15 bits per heavy atom. The van der Waals surface area contributed by atoms with E-state index in [-0.39, 0.29) is 64.0 Å². The van der Waals surface area contributed by atoms with Crippen LogP contribution in [-0.4, -0.2) is 22.3 Å². The molecule has 0 aliphatic carbocycles. The van der Waals surface area contributed by atoms with E-state index in [1.807, 2.05) is 0 Å². The Bertz CT molecular complexity index is 336. The molecular weight excluding hydrogens is 460 g/mol. The molecule has 0 atom stereocenters. The maximum atomic E-state index is 5.65. The Kier molecular flexibility index (Phi) is 23.9. The Morgan fingerprint density at radius 2 is 1.65 bits per heavy atom. The summed E-state index contributed by atoms with van der Waals surface area (Å²) in [5.74, 6) is 0.930. The fraction of sp³-hybridized carbons (Fsp3) is 0.400. The van der Waals surface area contributed by atoms with Gasteiger partial charge in [-0.2, -0.15) is 0 Å². The van der Waals surface area contributed by atoms with E-state index in [0.717, 1.165) is 11.1 Å². The average molecular weight is 487 g/mol. The summed E-state index contributed by atoms with van der Waals surface area (Å²) in [6.45, 7) is 7.63. The monoisotopic (exact) mass is 486 g/mol. The summed E-state index contributed by atoms with van der Waals surface area (Å²) in [6, 6.07) is 6.26. The Balaban J connectivity index is -0.000000320. The Labute approximate surface area is 170 Å². The second-order valence-corrected chi connectivity index (χ2v) is 6.56. The summed E-state index contributed by atoms with van der Waals surface area (Å²) >= 11 is 3.45. The molecule has 0 aliphatic heterocycles. The van der Waals surface area contributed by atoms with Gasteiger partial charge in [-0.15, -0.1) is 0 Å². The van der Waals surface area contributed by atoms with Gasteiger partial charge in [-0.3, -0.25) is 0 Å². The molecule has 0 fully saturated rings. The molecule has 1 aromatic carbocycles. The molecule has 1 aromatic rings. The molecule has 0 spiro atoms. The third-order valence-electron chi connectivity index (χ3n) is 2.01. The number of hydrogen-bond donors (Lipinski definition) is 0. The van der Waals surface area contributed by atoms with Crippen LogP contribution >= 0.6 is 15.9 Å². The van der Waals surface area contributed by atoms with Crippen molar-refractivity contribution in [1.82, 2.24) is 0 Å². The smallest absolute Gasteiger partial charge is 0.491 e. The molecular formula is C15H27BrCeO2Si. The summed E-state index contributed by atoms with van der Waals surface area (Å²) in [5, 5.41) is 0.860. The molecule has 0 aromatic heterocycles. The Morgan fingerprint density at radius 1 is 1.05 bits per heavy atom. The van der Waals surface area contributed by atoms with Crippen molar-refractivity contribution in [1.29, 1.82) is 0 Å². The fourth-order valence-corrected chi connectivity index (χ4v) is 2.21. The van der Waals surface area contributed by atoms with E-state index in [9.17, 15) is 0 Å². The molecule has 0 N–H and O–H groups in total. The van der Waals surface area contributed by atoms with Gasteiger partial charge in [0.25, 0.3) is 0 Å². The molecule has 0 heterocycles. The van der Waals surface area contributed by atoms with Crippen LogP contribution in [0.15, 0.2) is 18.2 Å². The normalized spacial score (nSPS) is 8.65. The van der Waals surface area contributed by atoms with Crippen LogP contribution in [0.2, 0.25) is 13.1 Å². The van der Waals surface area contributed by atoms with Crippen LogP contribution in [0.1, 0.15) is 11.1 Å². The number of rotatable bonds is 6. The van der Waals surface area contributed by atoms with Crippen LogP contribution < -0.4 is 4.74 Å². The molecule has 2 radical (unpaired) electrons. The van der Waals surface area contributed by atoms with Crippen molar-refractivity contribution in [2.75, 3.05) is 13.2 Å². The minimum atomic E-state index is -0.597. The molecule has 0 saturated carbocycles. The number of hydrogen-bond acceptors (Lipinski definition) is 2. The maximum Gasteiger partial charge on any atom is 3.00 e. The van der Waals surface area contributed by atoms with Crippen LogP contribution in [0.3, 0.4) is 0 Å². The van der Waals surface area contributed by atoms with Gasteiger partial charge in [-0.1, -0.05) is 22.0 Å². The van der Waals surface area contributed by atoms with Gasteiger partial charge in [0.1, 0.15) is 12.4 Å². The van der Waals surface area contributed by atoms with Crippen molar-refractivity contribution in [3.63, 3.8) is 0 Å². The zero-order valence-electron chi connectivity index (χ0n) is 13.5. The molecule has 0 saturated heterocycles. The van der Waals surface area contributed by atoms with Crippen molar-refractivity contribution in [3.05, 3.63) is 51.6 Å². The van der Waals surface area contributed by atoms with E-state index < -0.39 is 9.04 Å². The van der Waals surface area contributed by atoms with Crippen LogP contribution in [0, 0.1) is 71.0 Å². The third kappa shape index (κ3) is 12.8. The number of alkyl halides is 1. The summed E-state index contributed by atoms with van der Waals surface area (Å²) in [4.78, 5) is 0. The van der Waals surface area contributed by atoms with Gasteiger partial charge in [-0.05, 0) is 43.3 Å². The van der Waals surface area contributed by atoms with Crippen molar-refractivity contribution >= 4 is 25.0 Å². The van der Waals surface area contributed by atoms with Crippen LogP contribution in [0.25, 0.3) is 0 Å². The maximum absolute atomic E-state index is 5.65. The van der Waals surface area contributed by atoms with E-state index in [1.54, 1.807) is 0 Å². The van der Waals surface area contributed by atoms with Crippen molar-refractivity contribution in [2.45, 2.75) is 25.3 Å². The predicted octanol–water partition coefficient (Wildman–Crippen LogP) is 4.89. The molecule has 0 unspecified atom stereocenters. The summed E-state index contributed by atoms with van der Waals surface area (Å²) in [5.41, 5.74) is 2.47. The fourth-order valence-electron chi connectivity index (χ4n) is 1.39. The van der Waals surface area contributed by atoms with Crippen LogP contribution in [0.5, 0.6) is 5.75 Å². The van der Waals surface area contributed by atoms with E-state index >= 15 is 0 Å². The second kappa shape index (κ2) is 16.4. The largest absolute Gasteiger partial charge is 3.00 e. The predicted molar refractivity (Wildman–Crippen MR) is 92.0 cm³/mol. The molecule has 5 heteroatoms. The number of aryl methyl sites for hydroxylation is 1. The Hall–Kier alpha value is 1.05. The second-order valence-electron chi connectivity index (χ2n) is 3.89. The number of ether oxygens (including phenoxy) is 1. The SMILES string of the molecule is Cc1cc(CBr)cc(OCCO[Si](C)C)c1.[CH3-].[CH3-].[CH3-].[Ce+3]. The number of halogens is 1. The summed E-state index contributed by atoms with van der Waals surface area (Å²) < 4.78 is 11.2. The topological polar surface area (TPSA) is 18.5 Å². The quantitative estimate of drug-likeness (QED) is 0.246. The van der Waals surface area contributed by atoms with Gasteiger partial charge >= 0.3 is 41.7 Å². The molecule has 2 nitrogen and oxygen atoms in total. The third-order valence-corrected chi connectivity index (χ3v) is 3.44. The first-order valence-corrected chi connectivity index (χ1v) is 8.87. The van der Waals surface area contributed by atoms with Crippen LogP contribution in [-0.2, 0) is 9.76 Å². The van der Waals surface area contributed by atoms with Crippen molar-refractivity contribution in [3.8, 4) is 5.75 Å². The first-order valence-electron chi connectivity index (χ1n) is 5.34. The molecule has 1 rings (SSSR count).